The lowest BCUT2D eigenvalue weighted by Crippen LogP contribution is -2.33. The monoisotopic (exact) mass is 638 g/mol. The molecule has 2 heterocycles. The van der Waals surface area contributed by atoms with Gasteiger partial charge < -0.3 is 20.0 Å². The molecule has 246 valence electrons. The van der Waals surface area contributed by atoms with Crippen LogP contribution in [0.4, 0.5) is 26.3 Å². The van der Waals surface area contributed by atoms with E-state index in [4.69, 9.17) is 0 Å². The predicted molar refractivity (Wildman–Crippen MR) is 157 cm³/mol. The first kappa shape index (κ1) is 36.3. The van der Waals surface area contributed by atoms with Gasteiger partial charge in [-0.2, -0.15) is 36.9 Å². The highest BCUT2D eigenvalue weighted by Gasteiger charge is 2.42. The van der Waals surface area contributed by atoms with Crippen LogP contribution in [0.25, 0.3) is 0 Å². The molecule has 0 spiro atoms. The van der Waals surface area contributed by atoms with E-state index in [1.807, 2.05) is 12.1 Å². The van der Waals surface area contributed by atoms with Crippen LogP contribution >= 0.6 is 0 Å². The first-order chi connectivity index (χ1) is 21.3. The highest BCUT2D eigenvalue weighted by atomic mass is 19.4. The Labute approximate surface area is 260 Å². The molecule has 6 nitrogen and oxygen atoms in total. The number of benzene rings is 2. The molecule has 2 saturated heterocycles. The molecule has 45 heavy (non-hydrogen) atoms. The predicted octanol–water partition coefficient (Wildman–Crippen LogP) is 7.10. The number of hydrogen-bond donors (Lipinski definition) is 2. The molecule has 12 heteroatoms. The molecule has 2 unspecified atom stereocenters. The molecule has 0 bridgehead atoms. The van der Waals surface area contributed by atoms with E-state index >= 15 is 0 Å². The maximum atomic E-state index is 12.8. The fourth-order valence-electron chi connectivity index (χ4n) is 6.27. The zero-order chi connectivity index (χ0) is 33.4. The summed E-state index contributed by atoms with van der Waals surface area (Å²) in [5, 5.41) is 37.7. The van der Waals surface area contributed by atoms with Gasteiger partial charge in [0.2, 0.25) is 0 Å². The highest BCUT2D eigenvalue weighted by Crippen LogP contribution is 2.39. The minimum absolute atomic E-state index is 0.0220. The second-order valence-corrected chi connectivity index (χ2v) is 11.6. The fourth-order valence-corrected chi connectivity index (χ4v) is 6.27. The average Bonchev–Trinajstić information content (AvgIpc) is 3.03. The van der Waals surface area contributed by atoms with Crippen LogP contribution in [0.3, 0.4) is 0 Å². The van der Waals surface area contributed by atoms with Crippen LogP contribution in [0.5, 0.6) is 0 Å². The Morgan fingerprint density at radius 3 is 1.40 bits per heavy atom. The number of nitrogens with zero attached hydrogens (tertiary/aromatic N) is 4. The molecule has 2 N–H and O–H groups in total. The third kappa shape index (κ3) is 9.20. The Bertz CT molecular complexity index is 1330. The van der Waals surface area contributed by atoms with Crippen molar-refractivity contribution < 1.29 is 36.6 Å². The number of halogens is 6. The van der Waals surface area contributed by atoms with Gasteiger partial charge in [-0.15, -0.1) is 0 Å². The van der Waals surface area contributed by atoms with E-state index in [-0.39, 0.29) is 34.1 Å². The summed E-state index contributed by atoms with van der Waals surface area (Å²) < 4.78 is 76.7. The minimum atomic E-state index is -4.77. The number of hydrogen-bond acceptors (Lipinski definition) is 6. The number of aliphatic hydroxyl groups is 2. The number of aliphatic hydroxyl groups excluding tert-OH is 2. The molecule has 2 aromatic rings. The summed E-state index contributed by atoms with van der Waals surface area (Å²) in [4.78, 5) is 4.61. The van der Waals surface area contributed by atoms with Gasteiger partial charge in [-0.05, 0) is 94.3 Å². The molecule has 2 atom stereocenters. The van der Waals surface area contributed by atoms with Gasteiger partial charge >= 0.3 is 12.4 Å². The van der Waals surface area contributed by atoms with Crippen LogP contribution < -0.4 is 0 Å². The topological polar surface area (TPSA) is 94.5 Å². The first-order valence-corrected chi connectivity index (χ1v) is 15.3. The lowest BCUT2D eigenvalue weighted by Gasteiger charge is -2.32. The quantitative estimate of drug-likeness (QED) is 0.315. The Balaban J connectivity index is 0.000000246. The third-order valence-electron chi connectivity index (χ3n) is 8.73. The molecule has 2 fully saturated rings. The Morgan fingerprint density at radius 2 is 1.09 bits per heavy atom. The van der Waals surface area contributed by atoms with Crippen molar-refractivity contribution in [3.8, 4) is 12.1 Å². The van der Waals surface area contributed by atoms with Crippen molar-refractivity contribution >= 4 is 0 Å². The van der Waals surface area contributed by atoms with Crippen molar-refractivity contribution in [1.29, 1.82) is 10.5 Å². The summed E-state index contributed by atoms with van der Waals surface area (Å²) in [6.07, 6.45) is -10.4. The molecule has 0 aromatic heterocycles. The van der Waals surface area contributed by atoms with Crippen molar-refractivity contribution in [1.82, 2.24) is 9.80 Å². The lowest BCUT2D eigenvalue weighted by molar-refractivity contribution is -0.207. The highest BCUT2D eigenvalue weighted by molar-refractivity contribution is 5.48. The first-order valence-electron chi connectivity index (χ1n) is 15.3. The van der Waals surface area contributed by atoms with E-state index in [9.17, 15) is 47.1 Å². The molecule has 2 aliphatic heterocycles. The summed E-state index contributed by atoms with van der Waals surface area (Å²) in [5.74, 6) is 0.135. The van der Waals surface area contributed by atoms with Crippen LogP contribution in [0.2, 0.25) is 0 Å². The van der Waals surface area contributed by atoms with Gasteiger partial charge in [0, 0.05) is 11.1 Å². The van der Waals surface area contributed by atoms with Crippen molar-refractivity contribution in [3.05, 3.63) is 69.8 Å². The van der Waals surface area contributed by atoms with Crippen molar-refractivity contribution in [2.45, 2.75) is 82.3 Å². The Kier molecular flexibility index (Phi) is 12.8. The maximum Gasteiger partial charge on any atom is 0.418 e. The Morgan fingerprint density at radius 1 is 0.711 bits per heavy atom. The molecule has 0 aliphatic carbocycles. The van der Waals surface area contributed by atoms with Crippen LogP contribution in [0.15, 0.2) is 36.4 Å². The van der Waals surface area contributed by atoms with Crippen LogP contribution in [-0.2, 0) is 0 Å². The van der Waals surface area contributed by atoms with E-state index in [1.54, 1.807) is 12.1 Å². The second kappa shape index (κ2) is 15.9. The van der Waals surface area contributed by atoms with Gasteiger partial charge in [0.15, 0.2) is 12.2 Å². The van der Waals surface area contributed by atoms with Gasteiger partial charge in [-0.1, -0.05) is 50.2 Å². The van der Waals surface area contributed by atoms with Crippen LogP contribution in [0, 0.1) is 22.7 Å². The smallest absolute Gasteiger partial charge is 0.379 e. The molecular weight excluding hydrogens is 598 g/mol. The van der Waals surface area contributed by atoms with E-state index < -0.39 is 24.6 Å². The Hall–Kier alpha value is -3.16. The normalized spacial score (nSPS) is 18.8. The van der Waals surface area contributed by atoms with Crippen molar-refractivity contribution in [3.63, 3.8) is 0 Å². The minimum Gasteiger partial charge on any atom is -0.379 e. The van der Waals surface area contributed by atoms with Gasteiger partial charge in [-0.3, -0.25) is 0 Å². The number of piperidine rings is 2. The summed E-state index contributed by atoms with van der Waals surface area (Å²) in [5.41, 5.74) is 0.524. The maximum absolute atomic E-state index is 12.8. The lowest BCUT2D eigenvalue weighted by atomic mass is 9.84. The van der Waals surface area contributed by atoms with Crippen LogP contribution in [-0.4, -0.2) is 71.6 Å². The second-order valence-electron chi connectivity index (χ2n) is 11.6. The standard InChI is InChI=1S/C17H21F3N2O.C16H19F3N2O/c1-2-8-22-9-6-12(7-10-22)13-4-3-5-14(15(13)11-21)16(23)17(18,19)20;1-2-21-8-6-11(7-9-21)12-4-3-5-13(14(12)10-20)15(22)16(17,18)19/h3-5,12,16,23H,2,6-10H2,1H3;3-5,11,15,22H,2,6-9H2,1H3. The SMILES string of the molecule is CCCN1CCC(c2cccc(C(O)C(F)(F)F)c2C#N)CC1.CCN1CCC(c2cccc(C(O)C(F)(F)F)c2C#N)CC1. The zero-order valence-electron chi connectivity index (χ0n) is 25.5. The van der Waals surface area contributed by atoms with Gasteiger partial charge in [0.1, 0.15) is 0 Å². The van der Waals surface area contributed by atoms with Gasteiger partial charge in [0.25, 0.3) is 0 Å². The third-order valence-corrected chi connectivity index (χ3v) is 8.73. The van der Waals surface area contributed by atoms with Gasteiger partial charge in [0.05, 0.1) is 23.3 Å². The number of nitriles is 2. The van der Waals surface area contributed by atoms with Gasteiger partial charge in [-0.25, -0.2) is 0 Å². The molecule has 2 aromatic carbocycles. The summed E-state index contributed by atoms with van der Waals surface area (Å²) in [6.45, 7) is 9.67. The van der Waals surface area contributed by atoms with E-state index in [1.165, 1.54) is 24.3 Å². The molecule has 0 radical (unpaired) electrons. The molecule has 0 amide bonds. The number of likely N-dealkylation sites (tertiary alicyclic amines) is 2. The number of alkyl halides is 6. The molecule has 0 saturated carbocycles. The summed E-state index contributed by atoms with van der Waals surface area (Å²) in [7, 11) is 0. The van der Waals surface area contributed by atoms with E-state index in [0.717, 1.165) is 71.4 Å². The number of rotatable bonds is 7. The summed E-state index contributed by atoms with van der Waals surface area (Å²) >= 11 is 0. The van der Waals surface area contributed by atoms with Crippen LogP contribution in [0.1, 0.15) is 103 Å². The molecule has 4 rings (SSSR count). The van der Waals surface area contributed by atoms with Crippen molar-refractivity contribution in [2.75, 3.05) is 39.3 Å². The van der Waals surface area contributed by atoms with Crippen molar-refractivity contribution in [2.24, 2.45) is 0 Å². The largest absolute Gasteiger partial charge is 0.418 e. The zero-order valence-corrected chi connectivity index (χ0v) is 25.5. The fraction of sp³-hybridized carbons (Fsp3) is 0.576. The molecule has 2 aliphatic rings. The average molecular weight is 639 g/mol. The summed E-state index contributed by atoms with van der Waals surface area (Å²) in [6, 6.07) is 12.5. The van der Waals surface area contributed by atoms with E-state index in [2.05, 4.69) is 23.6 Å². The van der Waals surface area contributed by atoms with E-state index in [0.29, 0.717) is 11.1 Å². The molecular formula is C33H40F6N4O2.